The zero-order valence-corrected chi connectivity index (χ0v) is 14.3. The average Bonchev–Trinajstić information content (AvgIpc) is 3.07. The van der Waals surface area contributed by atoms with Crippen LogP contribution in [0.5, 0.6) is 5.75 Å². The number of amides is 1. The molecular formula is C20H22N2O2. The Morgan fingerprint density at radius 2 is 1.79 bits per heavy atom. The van der Waals surface area contributed by atoms with Crippen LogP contribution in [0.15, 0.2) is 59.7 Å². The molecule has 3 rings (SSSR count). The quantitative estimate of drug-likeness (QED) is 0.853. The first-order chi connectivity index (χ1) is 11.6. The molecule has 4 heteroatoms. The molecule has 2 aromatic rings. The van der Waals surface area contributed by atoms with E-state index in [1.54, 1.807) is 12.1 Å². The lowest BCUT2D eigenvalue weighted by molar-refractivity contribution is -0.136. The van der Waals surface area contributed by atoms with Gasteiger partial charge in [0.25, 0.3) is 0 Å². The van der Waals surface area contributed by atoms with Gasteiger partial charge in [-0.1, -0.05) is 44.2 Å². The number of benzene rings is 2. The summed E-state index contributed by atoms with van der Waals surface area (Å²) in [7, 11) is 1.65. The standard InChI is InChI=1S/C20H22N2O2/c1-14(2)20(23)22-19(16-7-5-4-6-8-16)13-18(21-22)15-9-11-17(24-3)12-10-15/h4-12,14,19H,13H2,1-3H3. The number of nitrogens with zero attached hydrogens (tertiary/aromatic N) is 2. The summed E-state index contributed by atoms with van der Waals surface area (Å²) in [6.07, 6.45) is 0.717. The van der Waals surface area contributed by atoms with Crippen molar-refractivity contribution < 1.29 is 9.53 Å². The Labute approximate surface area is 142 Å². The summed E-state index contributed by atoms with van der Waals surface area (Å²) in [5.74, 6) is 0.773. The third-order valence-electron chi connectivity index (χ3n) is 4.24. The fourth-order valence-corrected chi connectivity index (χ4v) is 2.87. The normalized spacial score (nSPS) is 17.1. The molecular weight excluding hydrogens is 300 g/mol. The molecule has 2 aromatic carbocycles. The molecule has 1 aliphatic rings. The van der Waals surface area contributed by atoms with Crippen molar-refractivity contribution in [3.63, 3.8) is 0 Å². The van der Waals surface area contributed by atoms with Crippen molar-refractivity contribution in [1.82, 2.24) is 5.01 Å². The van der Waals surface area contributed by atoms with Gasteiger partial charge in [-0.25, -0.2) is 5.01 Å². The van der Waals surface area contributed by atoms with Crippen LogP contribution < -0.4 is 4.74 Å². The molecule has 4 nitrogen and oxygen atoms in total. The lowest BCUT2D eigenvalue weighted by Crippen LogP contribution is -2.30. The van der Waals surface area contributed by atoms with Gasteiger partial charge in [-0.2, -0.15) is 5.10 Å². The highest BCUT2D eigenvalue weighted by Gasteiger charge is 2.33. The van der Waals surface area contributed by atoms with Gasteiger partial charge < -0.3 is 4.74 Å². The molecule has 1 aliphatic heterocycles. The molecule has 1 unspecified atom stereocenters. The fourth-order valence-electron chi connectivity index (χ4n) is 2.87. The molecule has 0 spiro atoms. The van der Waals surface area contributed by atoms with Gasteiger partial charge in [-0.3, -0.25) is 4.79 Å². The lowest BCUT2D eigenvalue weighted by Gasteiger charge is -2.23. The molecule has 24 heavy (non-hydrogen) atoms. The largest absolute Gasteiger partial charge is 0.497 e. The predicted molar refractivity (Wildman–Crippen MR) is 95.0 cm³/mol. The maximum absolute atomic E-state index is 12.6. The van der Waals surface area contributed by atoms with Crippen molar-refractivity contribution in [3.05, 3.63) is 65.7 Å². The van der Waals surface area contributed by atoms with Gasteiger partial charge in [0.15, 0.2) is 0 Å². The molecule has 0 saturated heterocycles. The Bertz CT molecular complexity index is 736. The fraction of sp³-hybridized carbons (Fsp3) is 0.300. The van der Waals surface area contributed by atoms with E-state index in [1.807, 2.05) is 56.3 Å². The first-order valence-corrected chi connectivity index (χ1v) is 8.20. The van der Waals surface area contributed by atoms with Gasteiger partial charge in [0.2, 0.25) is 5.91 Å². The number of carbonyl (C=O) groups is 1. The summed E-state index contributed by atoms with van der Waals surface area (Å²) in [4.78, 5) is 12.6. The second-order valence-electron chi connectivity index (χ2n) is 6.24. The highest BCUT2D eigenvalue weighted by Crippen LogP contribution is 2.33. The number of ether oxygens (including phenoxy) is 1. The Morgan fingerprint density at radius 3 is 2.38 bits per heavy atom. The average molecular weight is 322 g/mol. The highest BCUT2D eigenvalue weighted by molar-refractivity contribution is 6.03. The smallest absolute Gasteiger partial charge is 0.245 e. The van der Waals surface area contributed by atoms with Gasteiger partial charge >= 0.3 is 0 Å². The first-order valence-electron chi connectivity index (χ1n) is 8.20. The van der Waals surface area contributed by atoms with E-state index >= 15 is 0 Å². The Hall–Kier alpha value is -2.62. The summed E-state index contributed by atoms with van der Waals surface area (Å²) in [5.41, 5.74) is 3.06. The van der Waals surface area contributed by atoms with E-state index in [1.165, 1.54) is 0 Å². The van der Waals surface area contributed by atoms with Crippen LogP contribution in [0.4, 0.5) is 0 Å². The van der Waals surface area contributed by atoms with E-state index in [0.29, 0.717) is 0 Å². The highest BCUT2D eigenvalue weighted by atomic mass is 16.5. The van der Waals surface area contributed by atoms with E-state index in [-0.39, 0.29) is 17.9 Å². The van der Waals surface area contributed by atoms with Crippen LogP contribution in [0.2, 0.25) is 0 Å². The zero-order valence-electron chi connectivity index (χ0n) is 14.3. The number of hydrazone groups is 1. The SMILES string of the molecule is COc1ccc(C2=NN(C(=O)C(C)C)C(c3ccccc3)C2)cc1. The summed E-state index contributed by atoms with van der Waals surface area (Å²) in [5, 5.41) is 6.30. The first kappa shape index (κ1) is 16.2. The summed E-state index contributed by atoms with van der Waals surface area (Å²) in [6, 6.07) is 17.9. The molecule has 0 radical (unpaired) electrons. The minimum atomic E-state index is -0.0878. The van der Waals surface area contributed by atoms with Gasteiger partial charge in [-0.05, 0) is 35.4 Å². The number of methoxy groups -OCH3 is 1. The van der Waals surface area contributed by atoms with Crippen molar-refractivity contribution in [2.75, 3.05) is 7.11 Å². The minimum absolute atomic E-state index is 0.0433. The third-order valence-corrected chi connectivity index (χ3v) is 4.24. The maximum atomic E-state index is 12.6. The molecule has 0 aromatic heterocycles. The summed E-state index contributed by atoms with van der Waals surface area (Å²) in [6.45, 7) is 3.82. The van der Waals surface area contributed by atoms with Crippen molar-refractivity contribution in [2.45, 2.75) is 26.3 Å². The molecule has 0 bridgehead atoms. The molecule has 1 heterocycles. The Balaban J connectivity index is 1.93. The minimum Gasteiger partial charge on any atom is -0.497 e. The lowest BCUT2D eigenvalue weighted by atomic mass is 9.98. The number of carbonyl (C=O) groups excluding carboxylic acids is 1. The van der Waals surface area contributed by atoms with Crippen molar-refractivity contribution in [2.24, 2.45) is 11.0 Å². The van der Waals surface area contributed by atoms with Crippen molar-refractivity contribution in [3.8, 4) is 5.75 Å². The second-order valence-corrected chi connectivity index (χ2v) is 6.24. The Kier molecular flexibility index (Phi) is 4.65. The topological polar surface area (TPSA) is 41.9 Å². The number of hydrogen-bond donors (Lipinski definition) is 0. The van der Waals surface area contributed by atoms with E-state index < -0.39 is 0 Å². The van der Waals surface area contributed by atoms with E-state index in [4.69, 9.17) is 4.74 Å². The zero-order chi connectivity index (χ0) is 17.1. The van der Waals surface area contributed by atoms with Crippen LogP contribution in [-0.2, 0) is 4.79 Å². The number of rotatable bonds is 4. The van der Waals surface area contributed by atoms with E-state index in [9.17, 15) is 4.79 Å². The van der Waals surface area contributed by atoms with Crippen LogP contribution >= 0.6 is 0 Å². The predicted octanol–water partition coefficient (Wildman–Crippen LogP) is 4.03. The van der Waals surface area contributed by atoms with Crippen LogP contribution in [0, 0.1) is 5.92 Å². The maximum Gasteiger partial charge on any atom is 0.245 e. The summed E-state index contributed by atoms with van der Waals surface area (Å²) >= 11 is 0. The third kappa shape index (κ3) is 3.18. The Morgan fingerprint density at radius 1 is 1.12 bits per heavy atom. The molecule has 124 valence electrons. The van der Waals surface area contributed by atoms with Gasteiger partial charge in [0.1, 0.15) is 5.75 Å². The summed E-state index contributed by atoms with van der Waals surface area (Å²) < 4.78 is 5.21. The van der Waals surface area contributed by atoms with Crippen LogP contribution in [-0.4, -0.2) is 23.7 Å². The van der Waals surface area contributed by atoms with E-state index in [0.717, 1.165) is 29.0 Å². The van der Waals surface area contributed by atoms with Gasteiger partial charge in [0, 0.05) is 12.3 Å². The van der Waals surface area contributed by atoms with Gasteiger partial charge in [0.05, 0.1) is 18.9 Å². The van der Waals surface area contributed by atoms with Gasteiger partial charge in [-0.15, -0.1) is 0 Å². The van der Waals surface area contributed by atoms with Crippen LogP contribution in [0.25, 0.3) is 0 Å². The molecule has 0 saturated carbocycles. The van der Waals surface area contributed by atoms with Crippen LogP contribution in [0.3, 0.4) is 0 Å². The monoisotopic (exact) mass is 322 g/mol. The van der Waals surface area contributed by atoms with Crippen LogP contribution in [0.1, 0.15) is 37.4 Å². The second kappa shape index (κ2) is 6.87. The van der Waals surface area contributed by atoms with Crippen molar-refractivity contribution in [1.29, 1.82) is 0 Å². The molecule has 1 atom stereocenters. The number of hydrogen-bond acceptors (Lipinski definition) is 3. The molecule has 0 fully saturated rings. The van der Waals surface area contributed by atoms with Crippen molar-refractivity contribution >= 4 is 11.6 Å². The van der Waals surface area contributed by atoms with E-state index in [2.05, 4.69) is 17.2 Å². The molecule has 0 N–H and O–H groups in total. The molecule has 1 amide bonds. The molecule has 0 aliphatic carbocycles.